The molecule has 0 heterocycles. The van der Waals surface area contributed by atoms with Gasteiger partial charge in [0.15, 0.2) is 0 Å². The Morgan fingerprint density at radius 3 is 2.06 bits per heavy atom. The Kier molecular flexibility index (Phi) is 7.13. The van der Waals surface area contributed by atoms with E-state index in [9.17, 15) is 0 Å². The number of phenols is 1. The first kappa shape index (κ1) is 13.8. The summed E-state index contributed by atoms with van der Waals surface area (Å²) < 4.78 is 15.6. The Morgan fingerprint density at radius 1 is 0.824 bits per heavy atom. The monoisotopic (exact) mass is 242 g/mol. The van der Waals surface area contributed by atoms with Crippen LogP contribution in [-0.2, 0) is 9.47 Å². The number of phenolic OH excluding ortho intramolecular Hbond substituents is 1. The SMILES string of the molecule is OCCOCCOCCOc1ccc(O)cc1. The minimum absolute atomic E-state index is 0.0317. The van der Waals surface area contributed by atoms with Crippen LogP contribution in [0, 0.1) is 0 Å². The summed E-state index contributed by atoms with van der Waals surface area (Å²) in [6.07, 6.45) is 0. The highest BCUT2D eigenvalue weighted by molar-refractivity contribution is 5.29. The predicted molar refractivity (Wildman–Crippen MR) is 62.3 cm³/mol. The van der Waals surface area contributed by atoms with Crippen molar-refractivity contribution in [3.05, 3.63) is 24.3 Å². The minimum atomic E-state index is 0.0317. The molecule has 0 spiro atoms. The van der Waals surface area contributed by atoms with Gasteiger partial charge in [0.1, 0.15) is 18.1 Å². The van der Waals surface area contributed by atoms with E-state index in [0.717, 1.165) is 0 Å². The highest BCUT2D eigenvalue weighted by Gasteiger charge is 1.94. The molecule has 0 unspecified atom stereocenters. The summed E-state index contributed by atoms with van der Waals surface area (Å²) in [6.45, 7) is 2.25. The van der Waals surface area contributed by atoms with E-state index in [1.165, 1.54) is 0 Å². The third-order valence-electron chi connectivity index (χ3n) is 1.94. The van der Waals surface area contributed by atoms with Crippen LogP contribution in [0.5, 0.6) is 11.5 Å². The second kappa shape index (κ2) is 8.81. The van der Waals surface area contributed by atoms with Crippen LogP contribution < -0.4 is 4.74 Å². The number of aliphatic hydroxyl groups is 1. The summed E-state index contributed by atoms with van der Waals surface area (Å²) in [4.78, 5) is 0. The van der Waals surface area contributed by atoms with Crippen molar-refractivity contribution in [2.24, 2.45) is 0 Å². The average molecular weight is 242 g/mol. The van der Waals surface area contributed by atoms with E-state index in [1.54, 1.807) is 24.3 Å². The first-order valence-electron chi connectivity index (χ1n) is 5.51. The number of aliphatic hydroxyl groups excluding tert-OH is 1. The molecule has 0 aliphatic rings. The largest absolute Gasteiger partial charge is 0.508 e. The molecule has 0 aliphatic heterocycles. The van der Waals surface area contributed by atoms with Crippen LogP contribution in [0.1, 0.15) is 0 Å². The van der Waals surface area contributed by atoms with Crippen LogP contribution in [0.15, 0.2) is 24.3 Å². The highest BCUT2D eigenvalue weighted by Crippen LogP contribution is 2.15. The zero-order valence-corrected chi connectivity index (χ0v) is 9.67. The van der Waals surface area contributed by atoms with Gasteiger partial charge in [0.2, 0.25) is 0 Å². The number of benzene rings is 1. The Balaban J connectivity index is 1.95. The first-order chi connectivity index (χ1) is 8.33. The van der Waals surface area contributed by atoms with Crippen molar-refractivity contribution in [1.29, 1.82) is 0 Å². The zero-order chi connectivity index (χ0) is 12.3. The van der Waals surface area contributed by atoms with Crippen molar-refractivity contribution in [1.82, 2.24) is 0 Å². The smallest absolute Gasteiger partial charge is 0.119 e. The van der Waals surface area contributed by atoms with Crippen molar-refractivity contribution < 1.29 is 24.4 Å². The van der Waals surface area contributed by atoms with Crippen LogP contribution in [0.3, 0.4) is 0 Å². The van der Waals surface area contributed by atoms with Crippen molar-refractivity contribution in [2.45, 2.75) is 0 Å². The number of rotatable bonds is 9. The fourth-order valence-electron chi connectivity index (χ4n) is 1.15. The fraction of sp³-hybridized carbons (Fsp3) is 0.500. The molecule has 0 bridgehead atoms. The van der Waals surface area contributed by atoms with Gasteiger partial charge in [-0.05, 0) is 24.3 Å². The molecule has 2 N–H and O–H groups in total. The van der Waals surface area contributed by atoms with Crippen molar-refractivity contribution >= 4 is 0 Å². The van der Waals surface area contributed by atoms with Gasteiger partial charge in [0.25, 0.3) is 0 Å². The number of hydrogen-bond acceptors (Lipinski definition) is 5. The van der Waals surface area contributed by atoms with Gasteiger partial charge in [-0.3, -0.25) is 0 Å². The number of aromatic hydroxyl groups is 1. The second-order valence-corrected chi connectivity index (χ2v) is 3.29. The van der Waals surface area contributed by atoms with Gasteiger partial charge >= 0.3 is 0 Å². The van der Waals surface area contributed by atoms with E-state index in [2.05, 4.69) is 0 Å². The molecule has 0 aromatic heterocycles. The molecule has 0 atom stereocenters. The lowest BCUT2D eigenvalue weighted by Gasteiger charge is -2.07. The van der Waals surface area contributed by atoms with Crippen molar-refractivity contribution in [3.8, 4) is 11.5 Å². The molecule has 5 heteroatoms. The molecule has 1 aromatic carbocycles. The number of hydrogen-bond donors (Lipinski definition) is 2. The first-order valence-corrected chi connectivity index (χ1v) is 5.51. The molecule has 0 saturated heterocycles. The molecular formula is C12H18O5. The van der Waals surface area contributed by atoms with Gasteiger partial charge in [-0.25, -0.2) is 0 Å². The van der Waals surface area contributed by atoms with E-state index in [0.29, 0.717) is 38.8 Å². The molecule has 0 radical (unpaired) electrons. The minimum Gasteiger partial charge on any atom is -0.508 e. The molecule has 0 aliphatic carbocycles. The lowest BCUT2D eigenvalue weighted by Crippen LogP contribution is -2.11. The Bertz CT molecular complexity index is 285. The summed E-state index contributed by atoms with van der Waals surface area (Å²) in [6, 6.07) is 6.53. The van der Waals surface area contributed by atoms with Gasteiger partial charge in [0.05, 0.1) is 33.0 Å². The Hall–Kier alpha value is -1.30. The van der Waals surface area contributed by atoms with E-state index in [4.69, 9.17) is 24.4 Å². The van der Waals surface area contributed by atoms with Crippen molar-refractivity contribution in [2.75, 3.05) is 39.6 Å². The molecule has 0 fully saturated rings. The molecular weight excluding hydrogens is 224 g/mol. The van der Waals surface area contributed by atoms with E-state index in [1.807, 2.05) is 0 Å². The Morgan fingerprint density at radius 2 is 1.41 bits per heavy atom. The normalized spacial score (nSPS) is 10.4. The summed E-state index contributed by atoms with van der Waals surface area (Å²) in [5, 5.41) is 17.5. The van der Waals surface area contributed by atoms with Gasteiger partial charge in [-0.15, -0.1) is 0 Å². The lowest BCUT2D eigenvalue weighted by molar-refractivity contribution is 0.0247. The van der Waals surface area contributed by atoms with E-state index < -0.39 is 0 Å². The summed E-state index contributed by atoms with van der Waals surface area (Å²) in [5.41, 5.74) is 0. The summed E-state index contributed by atoms with van der Waals surface area (Å²) >= 11 is 0. The highest BCUT2D eigenvalue weighted by atomic mass is 16.5. The van der Waals surface area contributed by atoms with E-state index in [-0.39, 0.29) is 12.4 Å². The van der Waals surface area contributed by atoms with Crippen LogP contribution in [0.2, 0.25) is 0 Å². The van der Waals surface area contributed by atoms with Crippen LogP contribution in [0.4, 0.5) is 0 Å². The zero-order valence-electron chi connectivity index (χ0n) is 9.67. The fourth-order valence-corrected chi connectivity index (χ4v) is 1.15. The van der Waals surface area contributed by atoms with Crippen LogP contribution in [-0.4, -0.2) is 49.9 Å². The maximum atomic E-state index is 9.06. The summed E-state index contributed by atoms with van der Waals surface area (Å²) in [7, 11) is 0. The third kappa shape index (κ3) is 6.78. The molecule has 96 valence electrons. The molecule has 1 aromatic rings. The predicted octanol–water partition coefficient (Wildman–Crippen LogP) is 0.796. The molecule has 1 rings (SSSR count). The molecule has 5 nitrogen and oxygen atoms in total. The second-order valence-electron chi connectivity index (χ2n) is 3.29. The van der Waals surface area contributed by atoms with Gasteiger partial charge in [-0.2, -0.15) is 0 Å². The topological polar surface area (TPSA) is 68.2 Å². The standard InChI is InChI=1S/C12H18O5/c13-5-6-15-7-8-16-9-10-17-12-3-1-11(14)2-4-12/h1-4,13-14H,5-10H2. The van der Waals surface area contributed by atoms with Gasteiger partial charge < -0.3 is 24.4 Å². The number of ether oxygens (including phenoxy) is 3. The lowest BCUT2D eigenvalue weighted by atomic mass is 10.3. The molecule has 17 heavy (non-hydrogen) atoms. The Labute approximate surface area is 101 Å². The van der Waals surface area contributed by atoms with Crippen LogP contribution in [0.25, 0.3) is 0 Å². The quantitative estimate of drug-likeness (QED) is 0.627. The maximum absolute atomic E-state index is 9.06. The average Bonchev–Trinajstić information content (AvgIpc) is 2.35. The van der Waals surface area contributed by atoms with Gasteiger partial charge in [0, 0.05) is 0 Å². The molecule has 0 amide bonds. The molecule has 0 saturated carbocycles. The third-order valence-corrected chi connectivity index (χ3v) is 1.94. The van der Waals surface area contributed by atoms with Gasteiger partial charge in [-0.1, -0.05) is 0 Å². The van der Waals surface area contributed by atoms with E-state index >= 15 is 0 Å². The summed E-state index contributed by atoms with van der Waals surface area (Å²) in [5.74, 6) is 0.914. The van der Waals surface area contributed by atoms with Crippen LogP contribution >= 0.6 is 0 Å². The maximum Gasteiger partial charge on any atom is 0.119 e. The van der Waals surface area contributed by atoms with Crippen molar-refractivity contribution in [3.63, 3.8) is 0 Å².